The van der Waals surface area contributed by atoms with E-state index in [0.29, 0.717) is 24.3 Å². The van der Waals surface area contributed by atoms with Crippen LogP contribution in [0.3, 0.4) is 0 Å². The van der Waals surface area contributed by atoms with Gasteiger partial charge < -0.3 is 20.3 Å². The topological polar surface area (TPSA) is 66.0 Å². The van der Waals surface area contributed by atoms with Crippen molar-refractivity contribution in [3.8, 4) is 0 Å². The minimum absolute atomic E-state index is 0. The molecule has 158 valence electrons. The first kappa shape index (κ1) is 24.5. The van der Waals surface area contributed by atoms with Gasteiger partial charge in [0.25, 0.3) is 0 Å². The maximum absolute atomic E-state index is 12.4. The van der Waals surface area contributed by atoms with Crippen LogP contribution in [-0.4, -0.2) is 63.2 Å². The third-order valence-corrected chi connectivity index (χ3v) is 5.81. The summed E-state index contributed by atoms with van der Waals surface area (Å²) in [5.74, 6) is 1.72. The van der Waals surface area contributed by atoms with Crippen molar-refractivity contribution in [1.82, 2.24) is 15.5 Å². The van der Waals surface area contributed by atoms with Crippen molar-refractivity contribution in [2.75, 3.05) is 46.4 Å². The number of amides is 1. The summed E-state index contributed by atoms with van der Waals surface area (Å²) in [6.07, 6.45) is 7.77. The lowest BCUT2D eigenvalue weighted by molar-refractivity contribution is -0.132. The predicted octanol–water partition coefficient (Wildman–Crippen LogP) is 3.01. The fourth-order valence-electron chi connectivity index (χ4n) is 3.93. The molecule has 7 heteroatoms. The number of nitrogens with one attached hydrogen (secondary N) is 2. The largest absolute Gasteiger partial charge is 0.385 e. The molecule has 1 saturated heterocycles. The minimum Gasteiger partial charge on any atom is -0.385 e. The molecule has 1 amide bonds. The van der Waals surface area contributed by atoms with Crippen molar-refractivity contribution in [3.63, 3.8) is 0 Å². The summed E-state index contributed by atoms with van der Waals surface area (Å²) in [5.41, 5.74) is 0.318. The van der Waals surface area contributed by atoms with Gasteiger partial charge in [0.2, 0.25) is 5.91 Å². The Morgan fingerprint density at radius 2 is 2.07 bits per heavy atom. The van der Waals surface area contributed by atoms with Crippen LogP contribution in [0, 0.1) is 11.3 Å². The third kappa shape index (κ3) is 8.13. The summed E-state index contributed by atoms with van der Waals surface area (Å²) < 4.78 is 5.26. The van der Waals surface area contributed by atoms with Gasteiger partial charge in [-0.15, -0.1) is 24.0 Å². The van der Waals surface area contributed by atoms with Crippen LogP contribution in [-0.2, 0) is 9.53 Å². The first-order valence-electron chi connectivity index (χ1n) is 10.4. The zero-order chi connectivity index (χ0) is 18.8. The minimum atomic E-state index is 0. The molecule has 0 spiro atoms. The maximum Gasteiger partial charge on any atom is 0.224 e. The van der Waals surface area contributed by atoms with Gasteiger partial charge in [-0.3, -0.25) is 9.79 Å². The number of nitrogens with zero attached hydrogens (tertiary/aromatic N) is 2. The second-order valence-corrected chi connectivity index (χ2v) is 8.06. The van der Waals surface area contributed by atoms with E-state index in [1.807, 2.05) is 4.90 Å². The molecule has 2 fully saturated rings. The molecule has 0 radical (unpaired) electrons. The molecule has 27 heavy (non-hydrogen) atoms. The summed E-state index contributed by atoms with van der Waals surface area (Å²) in [6, 6.07) is 0. The summed E-state index contributed by atoms with van der Waals surface area (Å²) in [6.45, 7) is 9.24. The predicted molar refractivity (Wildman–Crippen MR) is 122 cm³/mol. The molecule has 2 rings (SSSR count). The van der Waals surface area contributed by atoms with Crippen LogP contribution < -0.4 is 10.6 Å². The highest BCUT2D eigenvalue weighted by molar-refractivity contribution is 14.0. The lowest BCUT2D eigenvalue weighted by atomic mass is 9.67. The molecular formula is C20H39IN4O2. The van der Waals surface area contributed by atoms with E-state index in [-0.39, 0.29) is 29.9 Å². The fraction of sp³-hybridized carbons (Fsp3) is 0.900. The quantitative estimate of drug-likeness (QED) is 0.294. The van der Waals surface area contributed by atoms with Crippen LogP contribution in [0.1, 0.15) is 58.8 Å². The molecule has 0 aromatic heterocycles. The highest BCUT2D eigenvalue weighted by Gasteiger charge is 2.36. The van der Waals surface area contributed by atoms with Crippen molar-refractivity contribution >= 4 is 35.8 Å². The molecule has 1 heterocycles. The molecule has 1 unspecified atom stereocenters. The number of aliphatic imine (C=N–C) groups is 1. The SMILES string of the molecule is CCNC(=NCC1(CCOC)CCC1)NCCC(=O)N1CCCC(C)C1.I. The van der Waals surface area contributed by atoms with Crippen LogP contribution >= 0.6 is 24.0 Å². The molecule has 0 aromatic rings. The van der Waals surface area contributed by atoms with Crippen LogP contribution in [0.5, 0.6) is 0 Å². The van der Waals surface area contributed by atoms with E-state index in [2.05, 4.69) is 24.5 Å². The second kappa shape index (κ2) is 12.8. The van der Waals surface area contributed by atoms with Crippen molar-refractivity contribution < 1.29 is 9.53 Å². The number of likely N-dealkylation sites (tertiary alicyclic amines) is 1. The lowest BCUT2D eigenvalue weighted by Gasteiger charge is -2.40. The molecular weight excluding hydrogens is 455 g/mol. The number of carbonyl (C=O) groups excluding carboxylic acids is 1. The van der Waals surface area contributed by atoms with Gasteiger partial charge in [-0.05, 0) is 50.4 Å². The van der Waals surface area contributed by atoms with E-state index in [0.717, 1.165) is 51.6 Å². The van der Waals surface area contributed by atoms with Crippen molar-refractivity contribution in [1.29, 1.82) is 0 Å². The fourth-order valence-corrected chi connectivity index (χ4v) is 3.93. The van der Waals surface area contributed by atoms with Gasteiger partial charge >= 0.3 is 0 Å². The number of ether oxygens (including phenoxy) is 1. The Kier molecular flexibility index (Phi) is 11.6. The number of halogens is 1. The maximum atomic E-state index is 12.4. The summed E-state index contributed by atoms with van der Waals surface area (Å²) in [7, 11) is 1.77. The molecule has 2 N–H and O–H groups in total. The van der Waals surface area contributed by atoms with Crippen LogP contribution in [0.4, 0.5) is 0 Å². The molecule has 1 aliphatic carbocycles. The Morgan fingerprint density at radius 3 is 2.67 bits per heavy atom. The summed E-state index contributed by atoms with van der Waals surface area (Å²) >= 11 is 0. The van der Waals surface area contributed by atoms with E-state index in [9.17, 15) is 4.79 Å². The molecule has 1 saturated carbocycles. The Labute approximate surface area is 182 Å². The van der Waals surface area contributed by atoms with Crippen molar-refractivity contribution in [3.05, 3.63) is 0 Å². The normalized spacial score (nSPS) is 21.8. The molecule has 1 atom stereocenters. The van der Waals surface area contributed by atoms with Crippen LogP contribution in [0.15, 0.2) is 4.99 Å². The van der Waals surface area contributed by atoms with E-state index in [1.54, 1.807) is 7.11 Å². The van der Waals surface area contributed by atoms with Gasteiger partial charge in [0.05, 0.1) is 0 Å². The lowest BCUT2D eigenvalue weighted by Crippen LogP contribution is -2.43. The smallest absolute Gasteiger partial charge is 0.224 e. The van der Waals surface area contributed by atoms with E-state index in [4.69, 9.17) is 9.73 Å². The van der Waals surface area contributed by atoms with Gasteiger partial charge in [0.15, 0.2) is 5.96 Å². The number of piperidine rings is 1. The van der Waals surface area contributed by atoms with E-state index in [1.165, 1.54) is 25.7 Å². The highest BCUT2D eigenvalue weighted by atomic mass is 127. The highest BCUT2D eigenvalue weighted by Crippen LogP contribution is 2.44. The Bertz CT molecular complexity index is 469. The number of guanidine groups is 1. The average molecular weight is 494 g/mol. The van der Waals surface area contributed by atoms with Gasteiger partial charge in [0.1, 0.15) is 0 Å². The first-order chi connectivity index (χ1) is 12.6. The van der Waals surface area contributed by atoms with E-state index >= 15 is 0 Å². The monoisotopic (exact) mass is 494 g/mol. The Hall–Kier alpha value is -0.570. The number of rotatable bonds is 9. The summed E-state index contributed by atoms with van der Waals surface area (Å²) in [4.78, 5) is 19.2. The Morgan fingerprint density at radius 1 is 1.30 bits per heavy atom. The molecule has 2 aliphatic rings. The zero-order valence-corrected chi connectivity index (χ0v) is 19.7. The number of carbonyl (C=O) groups is 1. The summed E-state index contributed by atoms with van der Waals surface area (Å²) in [5, 5.41) is 6.64. The van der Waals surface area contributed by atoms with Gasteiger partial charge in [-0.25, -0.2) is 0 Å². The number of hydrogen-bond acceptors (Lipinski definition) is 3. The molecule has 0 aromatic carbocycles. The van der Waals surface area contributed by atoms with Gasteiger partial charge in [-0.1, -0.05) is 13.3 Å². The van der Waals surface area contributed by atoms with Crippen molar-refractivity contribution in [2.24, 2.45) is 16.3 Å². The van der Waals surface area contributed by atoms with Crippen molar-refractivity contribution in [2.45, 2.75) is 58.8 Å². The van der Waals surface area contributed by atoms with E-state index < -0.39 is 0 Å². The van der Waals surface area contributed by atoms with Gasteiger partial charge in [-0.2, -0.15) is 0 Å². The second-order valence-electron chi connectivity index (χ2n) is 8.06. The molecule has 0 bridgehead atoms. The standard InChI is InChI=1S/C20H38N4O2.HI/c1-4-21-19(23-16-20(9-6-10-20)11-14-26-3)22-12-8-18(25)24-13-5-7-17(2)15-24;/h17H,4-16H2,1-3H3,(H2,21,22,23);1H. The van der Waals surface area contributed by atoms with Crippen LogP contribution in [0.25, 0.3) is 0 Å². The number of methoxy groups -OCH3 is 1. The molecule has 6 nitrogen and oxygen atoms in total. The van der Waals surface area contributed by atoms with Gasteiger partial charge in [0, 0.05) is 52.9 Å². The zero-order valence-electron chi connectivity index (χ0n) is 17.4. The Balaban J connectivity index is 0.00000364. The third-order valence-electron chi connectivity index (χ3n) is 5.81. The number of hydrogen-bond donors (Lipinski definition) is 2. The average Bonchev–Trinajstić information content (AvgIpc) is 2.60. The molecule has 1 aliphatic heterocycles. The first-order valence-corrected chi connectivity index (χ1v) is 10.4. The van der Waals surface area contributed by atoms with Crippen LogP contribution in [0.2, 0.25) is 0 Å².